The zero-order valence-corrected chi connectivity index (χ0v) is 11.6. The molecule has 7 heteroatoms. The van der Waals surface area contributed by atoms with Crippen LogP contribution in [0.2, 0.25) is 0 Å². The van der Waals surface area contributed by atoms with E-state index in [0.717, 1.165) is 15.3 Å². The maximum atomic E-state index is 12.1. The lowest BCUT2D eigenvalue weighted by Gasteiger charge is -2.17. The van der Waals surface area contributed by atoms with Crippen LogP contribution < -0.4 is 0 Å². The van der Waals surface area contributed by atoms with Gasteiger partial charge >= 0.3 is 5.97 Å². The molecule has 1 atom stereocenters. The summed E-state index contributed by atoms with van der Waals surface area (Å²) >= 11 is 1.30. The van der Waals surface area contributed by atoms with Crippen LogP contribution in [0.15, 0.2) is 35.7 Å². The maximum absolute atomic E-state index is 12.1. The molecule has 19 heavy (non-hydrogen) atoms. The van der Waals surface area contributed by atoms with Gasteiger partial charge in [-0.05, 0) is 11.6 Å². The third-order valence-corrected chi connectivity index (χ3v) is 5.38. The Morgan fingerprint density at radius 3 is 2.68 bits per heavy atom. The summed E-state index contributed by atoms with van der Waals surface area (Å²) in [6, 6.07) is 8.02. The Kier molecular flexibility index (Phi) is 4.28. The number of hydrogen-bond acceptors (Lipinski definition) is 4. The molecule has 1 aliphatic rings. The first-order chi connectivity index (χ1) is 9.00. The number of thioether (sulfide) groups is 1. The van der Waals surface area contributed by atoms with Crippen molar-refractivity contribution in [3.63, 3.8) is 0 Å². The highest BCUT2D eigenvalue weighted by molar-refractivity contribution is 8.01. The molecule has 0 bridgehead atoms. The molecule has 0 amide bonds. The number of aliphatic carboxylic acids is 1. The first-order valence-corrected chi connectivity index (χ1v) is 8.22. The standard InChI is InChI=1S/C12H13NO4S2/c14-12(15)11-8-18-9-13(11)19(16,17)7-6-10-4-2-1-3-5-10/h1-7,11H,8-9H2,(H,14,15)/b7-6+/t11-/m0/s1. The number of carboxylic acids is 1. The van der Waals surface area contributed by atoms with E-state index in [-0.39, 0.29) is 11.6 Å². The van der Waals surface area contributed by atoms with Gasteiger partial charge in [0.2, 0.25) is 10.0 Å². The molecule has 1 aromatic carbocycles. The van der Waals surface area contributed by atoms with Crippen molar-refractivity contribution in [2.75, 3.05) is 11.6 Å². The number of rotatable bonds is 4. The van der Waals surface area contributed by atoms with E-state index in [4.69, 9.17) is 5.11 Å². The normalized spacial score (nSPS) is 20.9. The zero-order chi connectivity index (χ0) is 13.9. The first kappa shape index (κ1) is 14.1. The second-order valence-electron chi connectivity index (χ2n) is 4.00. The van der Waals surface area contributed by atoms with Gasteiger partial charge in [0.15, 0.2) is 0 Å². The van der Waals surface area contributed by atoms with Crippen LogP contribution in [0.1, 0.15) is 5.56 Å². The molecule has 0 unspecified atom stereocenters. The molecule has 1 N–H and O–H groups in total. The van der Waals surface area contributed by atoms with Gasteiger partial charge < -0.3 is 5.11 Å². The van der Waals surface area contributed by atoms with E-state index in [1.54, 1.807) is 24.3 Å². The SMILES string of the molecule is O=C(O)[C@@H]1CSCN1S(=O)(=O)/C=C/c1ccccc1. The minimum absolute atomic E-state index is 0.179. The van der Waals surface area contributed by atoms with E-state index in [9.17, 15) is 13.2 Å². The summed E-state index contributed by atoms with van der Waals surface area (Å²) in [6.45, 7) is 0. The average Bonchev–Trinajstić information content (AvgIpc) is 2.88. The van der Waals surface area contributed by atoms with Crippen LogP contribution in [0.25, 0.3) is 6.08 Å². The summed E-state index contributed by atoms with van der Waals surface area (Å²) in [7, 11) is -3.70. The minimum Gasteiger partial charge on any atom is -0.480 e. The second-order valence-corrected chi connectivity index (χ2v) is 6.77. The third-order valence-electron chi connectivity index (χ3n) is 2.69. The van der Waals surface area contributed by atoms with Gasteiger partial charge in [-0.1, -0.05) is 30.3 Å². The molecule has 5 nitrogen and oxygen atoms in total. The summed E-state index contributed by atoms with van der Waals surface area (Å²) in [5.74, 6) is -0.645. The van der Waals surface area contributed by atoms with E-state index >= 15 is 0 Å². The van der Waals surface area contributed by atoms with Gasteiger partial charge in [0, 0.05) is 11.2 Å². The molecule has 0 aliphatic carbocycles. The Labute approximate surface area is 116 Å². The Balaban J connectivity index is 2.19. The molecule has 1 aliphatic heterocycles. The van der Waals surface area contributed by atoms with Crippen LogP contribution >= 0.6 is 11.8 Å². The van der Waals surface area contributed by atoms with Crippen molar-refractivity contribution in [3.05, 3.63) is 41.3 Å². The average molecular weight is 299 g/mol. The summed E-state index contributed by atoms with van der Waals surface area (Å²) < 4.78 is 25.2. The van der Waals surface area contributed by atoms with Crippen LogP contribution in [0.3, 0.4) is 0 Å². The van der Waals surface area contributed by atoms with Crippen molar-refractivity contribution in [2.24, 2.45) is 0 Å². The van der Waals surface area contributed by atoms with Crippen LogP contribution in [0, 0.1) is 0 Å². The maximum Gasteiger partial charge on any atom is 0.322 e. The summed E-state index contributed by atoms with van der Waals surface area (Å²) in [5, 5.41) is 10.0. The van der Waals surface area contributed by atoms with Gasteiger partial charge in [0.05, 0.1) is 5.88 Å². The largest absolute Gasteiger partial charge is 0.480 e. The molecule has 0 saturated carbocycles. The van der Waals surface area contributed by atoms with Crippen LogP contribution in [0.5, 0.6) is 0 Å². The van der Waals surface area contributed by atoms with Crippen molar-refractivity contribution < 1.29 is 18.3 Å². The van der Waals surface area contributed by atoms with Gasteiger partial charge in [0.1, 0.15) is 6.04 Å². The molecule has 102 valence electrons. The van der Waals surface area contributed by atoms with Crippen molar-refractivity contribution >= 4 is 33.8 Å². The fourth-order valence-electron chi connectivity index (χ4n) is 1.68. The lowest BCUT2D eigenvalue weighted by molar-refractivity contribution is -0.140. The molecule has 1 heterocycles. The molecule has 2 rings (SSSR count). The topological polar surface area (TPSA) is 74.7 Å². The molecule has 1 aromatic rings. The Morgan fingerprint density at radius 1 is 1.37 bits per heavy atom. The second kappa shape index (κ2) is 5.77. The van der Waals surface area contributed by atoms with Crippen molar-refractivity contribution in [3.8, 4) is 0 Å². The van der Waals surface area contributed by atoms with Crippen LogP contribution in [-0.4, -0.2) is 41.5 Å². The highest BCUT2D eigenvalue weighted by Crippen LogP contribution is 2.25. The molecule has 0 radical (unpaired) electrons. The number of hydrogen-bond donors (Lipinski definition) is 1. The molecule has 0 aromatic heterocycles. The molecule has 1 saturated heterocycles. The number of nitrogens with zero attached hydrogens (tertiary/aromatic N) is 1. The van der Waals surface area contributed by atoms with Crippen molar-refractivity contribution in [1.82, 2.24) is 4.31 Å². The van der Waals surface area contributed by atoms with Gasteiger partial charge in [-0.15, -0.1) is 11.8 Å². The fourth-order valence-corrected chi connectivity index (χ4v) is 4.60. The first-order valence-electron chi connectivity index (χ1n) is 5.56. The van der Waals surface area contributed by atoms with Crippen molar-refractivity contribution in [2.45, 2.75) is 6.04 Å². The predicted molar refractivity (Wildman–Crippen MR) is 75.0 cm³/mol. The predicted octanol–water partition coefficient (Wildman–Crippen LogP) is 1.45. The number of benzene rings is 1. The van der Waals surface area contributed by atoms with E-state index in [2.05, 4.69) is 0 Å². The van der Waals surface area contributed by atoms with E-state index < -0.39 is 22.0 Å². The van der Waals surface area contributed by atoms with Crippen LogP contribution in [-0.2, 0) is 14.8 Å². The summed E-state index contributed by atoms with van der Waals surface area (Å²) in [4.78, 5) is 11.0. The van der Waals surface area contributed by atoms with Gasteiger partial charge in [-0.25, -0.2) is 8.42 Å². The quantitative estimate of drug-likeness (QED) is 0.910. The number of sulfonamides is 1. The fraction of sp³-hybridized carbons (Fsp3) is 0.250. The Hall–Kier alpha value is -1.31. The Morgan fingerprint density at radius 2 is 2.05 bits per heavy atom. The monoisotopic (exact) mass is 299 g/mol. The zero-order valence-electron chi connectivity index (χ0n) is 9.97. The highest BCUT2D eigenvalue weighted by atomic mass is 32.2. The lowest BCUT2D eigenvalue weighted by Crippen LogP contribution is -2.40. The summed E-state index contributed by atoms with van der Waals surface area (Å²) in [6.07, 6.45) is 1.47. The number of carboxylic acid groups (broad SMARTS) is 1. The lowest BCUT2D eigenvalue weighted by atomic mass is 10.2. The molecular weight excluding hydrogens is 286 g/mol. The van der Waals surface area contributed by atoms with Crippen LogP contribution in [0.4, 0.5) is 0 Å². The third kappa shape index (κ3) is 3.37. The minimum atomic E-state index is -3.70. The smallest absolute Gasteiger partial charge is 0.322 e. The highest BCUT2D eigenvalue weighted by Gasteiger charge is 2.37. The Bertz CT molecular complexity index is 583. The molecule has 1 fully saturated rings. The van der Waals surface area contributed by atoms with Gasteiger partial charge in [-0.2, -0.15) is 4.31 Å². The van der Waals surface area contributed by atoms with E-state index in [0.29, 0.717) is 0 Å². The molecule has 0 spiro atoms. The molecular formula is C12H13NO4S2. The van der Waals surface area contributed by atoms with E-state index in [1.165, 1.54) is 17.8 Å². The van der Waals surface area contributed by atoms with Gasteiger partial charge in [0.25, 0.3) is 0 Å². The van der Waals surface area contributed by atoms with E-state index in [1.807, 2.05) is 6.07 Å². The number of carbonyl (C=O) groups is 1. The summed E-state index contributed by atoms with van der Waals surface area (Å²) in [5.41, 5.74) is 0.754. The van der Waals surface area contributed by atoms with Gasteiger partial charge in [-0.3, -0.25) is 4.79 Å². The van der Waals surface area contributed by atoms with Crippen molar-refractivity contribution in [1.29, 1.82) is 0 Å².